The van der Waals surface area contributed by atoms with E-state index in [1.807, 2.05) is 51.4 Å². The zero-order valence-electron chi connectivity index (χ0n) is 21.6. The Kier molecular flexibility index (Phi) is 5.93. The molecule has 8 nitrogen and oxygen atoms in total. The predicted molar refractivity (Wildman–Crippen MR) is 136 cm³/mol. The van der Waals surface area contributed by atoms with E-state index in [2.05, 4.69) is 29.6 Å². The van der Waals surface area contributed by atoms with Crippen LogP contribution in [0.3, 0.4) is 0 Å². The van der Waals surface area contributed by atoms with Crippen LogP contribution in [-0.4, -0.2) is 45.0 Å². The quantitative estimate of drug-likeness (QED) is 0.566. The van der Waals surface area contributed by atoms with Crippen molar-refractivity contribution in [3.8, 4) is 5.75 Å². The van der Waals surface area contributed by atoms with Crippen molar-refractivity contribution in [3.63, 3.8) is 0 Å². The van der Waals surface area contributed by atoms with Crippen LogP contribution in [0, 0.1) is 12.8 Å². The highest BCUT2D eigenvalue weighted by atomic mass is 16.6. The minimum Gasteiger partial charge on any atom is -0.491 e. The van der Waals surface area contributed by atoms with Gasteiger partial charge in [-0.25, -0.2) is 9.78 Å². The van der Waals surface area contributed by atoms with E-state index in [4.69, 9.17) is 14.5 Å². The first-order valence-corrected chi connectivity index (χ1v) is 12.5. The molecule has 1 aromatic carbocycles. The Morgan fingerprint density at radius 2 is 1.92 bits per heavy atom. The molecule has 1 aliphatic heterocycles. The van der Waals surface area contributed by atoms with Gasteiger partial charge in [0.25, 0.3) is 5.91 Å². The van der Waals surface area contributed by atoms with E-state index in [9.17, 15) is 9.59 Å². The number of nitrogens with one attached hydrogen (secondary N) is 1. The Bertz CT molecular complexity index is 1320. The van der Waals surface area contributed by atoms with Gasteiger partial charge >= 0.3 is 6.09 Å². The SMILES string of the molecule is Cc1cccn2c(C(C)(NC(=O)c3cccc4c3OCCN(C(=O)OC(C)(C)C)C4)C3CC3)ncc12. The van der Waals surface area contributed by atoms with E-state index in [0.29, 0.717) is 30.3 Å². The molecule has 3 heterocycles. The summed E-state index contributed by atoms with van der Waals surface area (Å²) < 4.78 is 13.7. The fraction of sp³-hybridized carbons (Fsp3) is 0.464. The number of imidazole rings is 1. The van der Waals surface area contributed by atoms with Crippen LogP contribution in [0.4, 0.5) is 4.79 Å². The molecule has 1 N–H and O–H groups in total. The lowest BCUT2D eigenvalue weighted by atomic mass is 9.93. The smallest absolute Gasteiger partial charge is 0.410 e. The van der Waals surface area contributed by atoms with Gasteiger partial charge in [0.15, 0.2) is 0 Å². The molecule has 36 heavy (non-hydrogen) atoms. The molecule has 1 unspecified atom stereocenters. The Morgan fingerprint density at radius 3 is 2.64 bits per heavy atom. The first-order chi connectivity index (χ1) is 17.1. The van der Waals surface area contributed by atoms with Crippen molar-refractivity contribution in [2.45, 2.75) is 65.1 Å². The van der Waals surface area contributed by atoms with Crippen molar-refractivity contribution in [3.05, 3.63) is 65.2 Å². The fourth-order valence-electron chi connectivity index (χ4n) is 4.93. The second-order valence-electron chi connectivity index (χ2n) is 11.0. The molecule has 1 saturated carbocycles. The molecule has 1 atom stereocenters. The third-order valence-corrected chi connectivity index (χ3v) is 6.98. The van der Waals surface area contributed by atoms with Crippen LogP contribution in [0.2, 0.25) is 0 Å². The Labute approximate surface area is 211 Å². The van der Waals surface area contributed by atoms with Crippen LogP contribution in [0.5, 0.6) is 5.75 Å². The van der Waals surface area contributed by atoms with Gasteiger partial charge in [0.1, 0.15) is 23.8 Å². The highest BCUT2D eigenvalue weighted by Gasteiger charge is 2.47. The minimum atomic E-state index is -0.632. The molecular weight excluding hydrogens is 456 g/mol. The van der Waals surface area contributed by atoms with Crippen molar-refractivity contribution >= 4 is 17.5 Å². The maximum absolute atomic E-state index is 13.7. The van der Waals surface area contributed by atoms with Gasteiger partial charge in [-0.3, -0.25) is 4.79 Å². The molecule has 2 aliphatic rings. The number of fused-ring (bicyclic) bond motifs is 2. The van der Waals surface area contributed by atoms with Gasteiger partial charge in [0, 0.05) is 11.8 Å². The van der Waals surface area contributed by atoms with Gasteiger partial charge in [-0.15, -0.1) is 0 Å². The molecule has 0 radical (unpaired) electrons. The third-order valence-electron chi connectivity index (χ3n) is 6.98. The number of hydrogen-bond acceptors (Lipinski definition) is 5. The van der Waals surface area contributed by atoms with Gasteiger partial charge in [0.2, 0.25) is 0 Å². The number of nitrogens with zero attached hydrogens (tertiary/aromatic N) is 3. The third kappa shape index (κ3) is 4.52. The van der Waals surface area contributed by atoms with Crippen LogP contribution in [0.25, 0.3) is 5.52 Å². The number of amides is 2. The predicted octanol–water partition coefficient (Wildman–Crippen LogP) is 4.83. The van der Waals surface area contributed by atoms with E-state index in [-0.39, 0.29) is 12.5 Å². The average Bonchev–Trinajstić information content (AvgIpc) is 3.60. The summed E-state index contributed by atoms with van der Waals surface area (Å²) in [5.41, 5.74) is 2.19. The summed E-state index contributed by atoms with van der Waals surface area (Å²) in [4.78, 5) is 32.8. The molecule has 8 heteroatoms. The monoisotopic (exact) mass is 490 g/mol. The van der Waals surface area contributed by atoms with Crippen molar-refractivity contribution in [2.24, 2.45) is 5.92 Å². The topological polar surface area (TPSA) is 85.2 Å². The number of benzene rings is 1. The average molecular weight is 491 g/mol. The summed E-state index contributed by atoms with van der Waals surface area (Å²) in [6.07, 6.45) is 5.55. The van der Waals surface area contributed by atoms with Gasteiger partial charge in [0.05, 0.1) is 35.9 Å². The van der Waals surface area contributed by atoms with E-state index in [0.717, 1.165) is 35.3 Å². The molecule has 1 aliphatic carbocycles. The molecule has 5 rings (SSSR count). The van der Waals surface area contributed by atoms with Crippen molar-refractivity contribution in [1.82, 2.24) is 19.6 Å². The summed E-state index contributed by atoms with van der Waals surface area (Å²) >= 11 is 0. The summed E-state index contributed by atoms with van der Waals surface area (Å²) in [7, 11) is 0. The number of para-hydroxylation sites is 1. The van der Waals surface area contributed by atoms with Gasteiger partial charge in [-0.05, 0) is 71.1 Å². The van der Waals surface area contributed by atoms with E-state index >= 15 is 0 Å². The van der Waals surface area contributed by atoms with Crippen molar-refractivity contribution in [1.29, 1.82) is 0 Å². The van der Waals surface area contributed by atoms with Crippen molar-refractivity contribution in [2.75, 3.05) is 13.2 Å². The number of carbonyl (C=O) groups excluding carboxylic acids is 2. The first kappa shape index (κ1) is 24.2. The second kappa shape index (κ2) is 8.84. The van der Waals surface area contributed by atoms with Gasteiger partial charge in [-0.1, -0.05) is 18.2 Å². The Balaban J connectivity index is 1.44. The summed E-state index contributed by atoms with van der Waals surface area (Å²) in [6.45, 7) is 10.6. The maximum atomic E-state index is 13.7. The lowest BCUT2D eigenvalue weighted by molar-refractivity contribution is 0.0225. The molecule has 2 amide bonds. The number of aryl methyl sites for hydroxylation is 1. The first-order valence-electron chi connectivity index (χ1n) is 12.5. The Hall–Kier alpha value is -3.55. The van der Waals surface area contributed by atoms with Gasteiger partial charge in [-0.2, -0.15) is 0 Å². The second-order valence-corrected chi connectivity index (χ2v) is 11.0. The number of ether oxygens (including phenoxy) is 2. The molecule has 0 bridgehead atoms. The fourth-order valence-corrected chi connectivity index (χ4v) is 4.93. The molecular formula is C28H34N4O4. The van der Waals surface area contributed by atoms with Crippen LogP contribution < -0.4 is 10.1 Å². The van der Waals surface area contributed by atoms with Gasteiger partial charge < -0.3 is 24.1 Å². The standard InChI is InChI=1S/C28H34N4O4/c1-18-8-7-13-32-22(18)16-29-25(32)28(5,20-11-12-20)30-24(33)21-10-6-9-19-17-31(14-15-35-23(19)21)26(34)36-27(2,3)4/h6-10,13,16,20H,11-12,14-15,17H2,1-5H3,(H,30,33). The molecule has 1 fully saturated rings. The largest absolute Gasteiger partial charge is 0.491 e. The summed E-state index contributed by atoms with van der Waals surface area (Å²) in [5, 5.41) is 3.31. The summed E-state index contributed by atoms with van der Waals surface area (Å²) in [6, 6.07) is 9.56. The van der Waals surface area contributed by atoms with Crippen LogP contribution in [-0.2, 0) is 16.8 Å². The normalized spacial score (nSPS) is 17.5. The Morgan fingerprint density at radius 1 is 1.14 bits per heavy atom. The van der Waals surface area contributed by atoms with Crippen LogP contribution in [0.1, 0.15) is 67.8 Å². The maximum Gasteiger partial charge on any atom is 0.410 e. The van der Waals surface area contributed by atoms with E-state index < -0.39 is 17.2 Å². The number of pyridine rings is 1. The van der Waals surface area contributed by atoms with E-state index in [1.165, 1.54) is 0 Å². The van der Waals surface area contributed by atoms with Crippen LogP contribution in [0.15, 0.2) is 42.7 Å². The lowest BCUT2D eigenvalue weighted by Gasteiger charge is -2.30. The number of rotatable bonds is 4. The number of aromatic nitrogens is 2. The summed E-state index contributed by atoms with van der Waals surface area (Å²) in [5.74, 6) is 1.44. The zero-order chi connectivity index (χ0) is 25.7. The zero-order valence-corrected chi connectivity index (χ0v) is 21.6. The molecule has 0 saturated heterocycles. The number of carbonyl (C=O) groups is 2. The molecule has 190 valence electrons. The highest BCUT2D eigenvalue weighted by Crippen LogP contribution is 2.45. The number of hydrogen-bond donors (Lipinski definition) is 1. The van der Waals surface area contributed by atoms with Crippen LogP contribution >= 0.6 is 0 Å². The molecule has 0 spiro atoms. The molecule has 3 aromatic rings. The lowest BCUT2D eigenvalue weighted by Crippen LogP contribution is -2.46. The van der Waals surface area contributed by atoms with Crippen molar-refractivity contribution < 1.29 is 19.1 Å². The van der Waals surface area contributed by atoms with E-state index in [1.54, 1.807) is 11.0 Å². The highest BCUT2D eigenvalue weighted by molar-refractivity contribution is 5.98. The minimum absolute atomic E-state index is 0.212. The molecule has 2 aromatic heterocycles.